The average molecular weight is 418 g/mol. The standard InChI is InChI=1S/C18H19N5O3S2/c1-9-10(2)27-17(19-9)20-16(24)11(3)28-18-22-21-15(23(18)4)12-5-6-13-14(7-12)26-8-25-13/h5-7,11H,8H2,1-4H3,(H,19,20,24)/t11-/m1/s1. The summed E-state index contributed by atoms with van der Waals surface area (Å²) in [5.74, 6) is 1.99. The molecular weight excluding hydrogens is 398 g/mol. The van der Waals surface area contributed by atoms with Crippen LogP contribution >= 0.6 is 23.1 Å². The van der Waals surface area contributed by atoms with Crippen LogP contribution in [-0.2, 0) is 11.8 Å². The normalized spacial score (nSPS) is 13.6. The van der Waals surface area contributed by atoms with Gasteiger partial charge in [0.25, 0.3) is 0 Å². The first-order valence-corrected chi connectivity index (χ1v) is 10.3. The van der Waals surface area contributed by atoms with Gasteiger partial charge >= 0.3 is 0 Å². The molecule has 10 heteroatoms. The zero-order valence-corrected chi connectivity index (χ0v) is 17.5. The number of carbonyl (C=O) groups is 1. The van der Waals surface area contributed by atoms with Crippen molar-refractivity contribution in [3.05, 3.63) is 28.8 Å². The molecule has 28 heavy (non-hydrogen) atoms. The second kappa shape index (κ2) is 7.44. The molecule has 4 rings (SSSR count). The number of ether oxygens (including phenoxy) is 2. The molecule has 0 unspecified atom stereocenters. The summed E-state index contributed by atoms with van der Waals surface area (Å²) in [6, 6.07) is 5.65. The van der Waals surface area contributed by atoms with Crippen molar-refractivity contribution < 1.29 is 14.3 Å². The van der Waals surface area contributed by atoms with Crippen LogP contribution in [0, 0.1) is 13.8 Å². The number of aromatic nitrogens is 4. The first kappa shape index (κ1) is 18.8. The van der Waals surface area contributed by atoms with Crippen molar-refractivity contribution >= 4 is 34.1 Å². The van der Waals surface area contributed by atoms with Crippen LogP contribution in [-0.4, -0.2) is 37.7 Å². The van der Waals surface area contributed by atoms with Crippen LogP contribution in [0.2, 0.25) is 0 Å². The van der Waals surface area contributed by atoms with E-state index in [-0.39, 0.29) is 18.0 Å². The second-order valence-corrected chi connectivity index (χ2v) is 8.85. The smallest absolute Gasteiger partial charge is 0.239 e. The molecule has 0 radical (unpaired) electrons. The predicted molar refractivity (Wildman–Crippen MR) is 108 cm³/mol. The summed E-state index contributed by atoms with van der Waals surface area (Å²) in [5.41, 5.74) is 1.80. The third-order valence-electron chi connectivity index (χ3n) is 4.38. The zero-order valence-electron chi connectivity index (χ0n) is 15.8. The minimum absolute atomic E-state index is 0.119. The van der Waals surface area contributed by atoms with Crippen LogP contribution in [0.1, 0.15) is 17.5 Å². The lowest BCUT2D eigenvalue weighted by atomic mass is 10.2. The maximum Gasteiger partial charge on any atom is 0.239 e. The van der Waals surface area contributed by atoms with E-state index in [1.165, 1.54) is 23.1 Å². The largest absolute Gasteiger partial charge is 0.454 e. The van der Waals surface area contributed by atoms with E-state index in [9.17, 15) is 4.79 Å². The Hall–Kier alpha value is -2.59. The van der Waals surface area contributed by atoms with Crippen LogP contribution in [0.4, 0.5) is 5.13 Å². The lowest BCUT2D eigenvalue weighted by Crippen LogP contribution is -2.22. The summed E-state index contributed by atoms with van der Waals surface area (Å²) >= 11 is 2.82. The van der Waals surface area contributed by atoms with Gasteiger partial charge < -0.3 is 19.4 Å². The highest BCUT2D eigenvalue weighted by atomic mass is 32.2. The Labute approximate surface area is 170 Å². The number of rotatable bonds is 5. The Morgan fingerprint density at radius 2 is 2.07 bits per heavy atom. The number of thiazole rings is 1. The summed E-state index contributed by atoms with van der Waals surface area (Å²) in [4.78, 5) is 17.9. The Morgan fingerprint density at radius 1 is 1.29 bits per heavy atom. The van der Waals surface area contributed by atoms with Crippen molar-refractivity contribution in [2.24, 2.45) is 7.05 Å². The van der Waals surface area contributed by atoms with E-state index in [1.807, 2.05) is 50.6 Å². The summed E-state index contributed by atoms with van der Waals surface area (Å²) in [7, 11) is 1.88. The van der Waals surface area contributed by atoms with Gasteiger partial charge in [0, 0.05) is 17.5 Å². The summed E-state index contributed by atoms with van der Waals surface area (Å²) in [6.07, 6.45) is 0. The lowest BCUT2D eigenvalue weighted by molar-refractivity contribution is -0.115. The zero-order chi connectivity index (χ0) is 19.8. The molecule has 1 N–H and O–H groups in total. The number of thioether (sulfide) groups is 1. The van der Waals surface area contributed by atoms with Crippen LogP contribution in [0.25, 0.3) is 11.4 Å². The maximum atomic E-state index is 12.5. The maximum absolute atomic E-state index is 12.5. The van der Waals surface area contributed by atoms with Crippen molar-refractivity contribution in [1.29, 1.82) is 0 Å². The monoisotopic (exact) mass is 417 g/mol. The molecule has 0 bridgehead atoms. The molecule has 146 valence electrons. The number of fused-ring (bicyclic) bond motifs is 1. The molecular formula is C18H19N5O3S2. The second-order valence-electron chi connectivity index (χ2n) is 6.34. The highest BCUT2D eigenvalue weighted by molar-refractivity contribution is 8.00. The fourth-order valence-corrected chi connectivity index (χ4v) is 4.28. The van der Waals surface area contributed by atoms with Crippen molar-refractivity contribution in [2.45, 2.75) is 31.2 Å². The molecule has 3 heterocycles. The minimum Gasteiger partial charge on any atom is -0.454 e. The third-order valence-corrected chi connectivity index (χ3v) is 6.50. The number of nitrogens with zero attached hydrogens (tertiary/aromatic N) is 4. The molecule has 1 amide bonds. The molecule has 0 saturated heterocycles. The van der Waals surface area contributed by atoms with Crippen molar-refractivity contribution in [1.82, 2.24) is 19.7 Å². The fourth-order valence-electron chi connectivity index (χ4n) is 2.65. The van der Waals surface area contributed by atoms with E-state index in [1.54, 1.807) is 0 Å². The molecule has 0 saturated carbocycles. The highest BCUT2D eigenvalue weighted by Crippen LogP contribution is 2.36. The quantitative estimate of drug-likeness (QED) is 0.636. The van der Waals surface area contributed by atoms with Gasteiger partial charge in [0.15, 0.2) is 27.6 Å². The third kappa shape index (κ3) is 3.57. The Balaban J connectivity index is 1.47. The molecule has 1 aliphatic rings. The van der Waals surface area contributed by atoms with E-state index < -0.39 is 0 Å². The van der Waals surface area contributed by atoms with Crippen molar-refractivity contribution in [2.75, 3.05) is 12.1 Å². The van der Waals surface area contributed by atoms with Gasteiger partial charge in [-0.2, -0.15) is 0 Å². The highest BCUT2D eigenvalue weighted by Gasteiger charge is 2.22. The molecule has 8 nitrogen and oxygen atoms in total. The number of anilines is 1. The van der Waals surface area contributed by atoms with E-state index in [2.05, 4.69) is 20.5 Å². The number of nitrogens with one attached hydrogen (secondary N) is 1. The topological polar surface area (TPSA) is 91.2 Å². The lowest BCUT2D eigenvalue weighted by Gasteiger charge is -2.10. The molecule has 2 aromatic heterocycles. The van der Waals surface area contributed by atoms with Crippen LogP contribution in [0.3, 0.4) is 0 Å². The summed E-state index contributed by atoms with van der Waals surface area (Å²) in [5, 5.41) is 12.3. The number of hydrogen-bond donors (Lipinski definition) is 1. The van der Waals surface area contributed by atoms with Gasteiger partial charge in [-0.05, 0) is 39.0 Å². The molecule has 0 spiro atoms. The average Bonchev–Trinajstić information content (AvgIpc) is 3.35. The van der Waals surface area contributed by atoms with E-state index >= 15 is 0 Å². The van der Waals surface area contributed by atoms with E-state index in [4.69, 9.17) is 9.47 Å². The number of amides is 1. The molecule has 1 atom stereocenters. The molecule has 3 aromatic rings. The molecule has 0 aliphatic carbocycles. The Bertz CT molecular complexity index is 1030. The minimum atomic E-state index is -0.350. The first-order valence-electron chi connectivity index (χ1n) is 8.63. The Kier molecular flexibility index (Phi) is 4.98. The van der Waals surface area contributed by atoms with Crippen molar-refractivity contribution in [3.8, 4) is 22.9 Å². The van der Waals surface area contributed by atoms with Gasteiger partial charge in [-0.15, -0.1) is 21.5 Å². The van der Waals surface area contributed by atoms with Crippen molar-refractivity contribution in [3.63, 3.8) is 0 Å². The number of hydrogen-bond acceptors (Lipinski definition) is 8. The van der Waals surface area contributed by atoms with Crippen LogP contribution in [0.5, 0.6) is 11.5 Å². The molecule has 1 aliphatic heterocycles. The van der Waals surface area contributed by atoms with Gasteiger partial charge in [-0.25, -0.2) is 4.98 Å². The van der Waals surface area contributed by atoms with E-state index in [0.717, 1.165) is 21.9 Å². The van der Waals surface area contributed by atoms with E-state index in [0.29, 0.717) is 21.9 Å². The molecule has 1 aromatic carbocycles. The van der Waals surface area contributed by atoms with Gasteiger partial charge in [-0.1, -0.05) is 11.8 Å². The number of carbonyl (C=O) groups excluding carboxylic acids is 1. The van der Waals surface area contributed by atoms with Gasteiger partial charge in [0.05, 0.1) is 10.9 Å². The SMILES string of the molecule is Cc1nc(NC(=O)[C@@H](C)Sc2nnc(-c3ccc4c(c3)OCO4)n2C)sc1C. The Morgan fingerprint density at radius 3 is 2.82 bits per heavy atom. The van der Waals surface area contributed by atoms with Gasteiger partial charge in [0.2, 0.25) is 12.7 Å². The first-order chi connectivity index (χ1) is 13.4. The van der Waals surface area contributed by atoms with Gasteiger partial charge in [0.1, 0.15) is 0 Å². The van der Waals surface area contributed by atoms with Crippen LogP contribution < -0.4 is 14.8 Å². The predicted octanol–water partition coefficient (Wildman–Crippen LogP) is 3.40. The summed E-state index contributed by atoms with van der Waals surface area (Å²) in [6.45, 7) is 5.97. The number of benzene rings is 1. The molecule has 0 fully saturated rings. The summed E-state index contributed by atoms with van der Waals surface area (Å²) < 4.78 is 12.6. The van der Waals surface area contributed by atoms with Crippen LogP contribution in [0.15, 0.2) is 23.4 Å². The number of aryl methyl sites for hydroxylation is 2. The fraction of sp³-hybridized carbons (Fsp3) is 0.333. The van der Waals surface area contributed by atoms with Gasteiger partial charge in [-0.3, -0.25) is 4.79 Å².